The molecule has 4 aromatic rings. The Bertz CT molecular complexity index is 1080. The molecule has 0 unspecified atom stereocenters. The van der Waals surface area contributed by atoms with Crippen molar-refractivity contribution in [2.75, 3.05) is 5.32 Å². The van der Waals surface area contributed by atoms with Gasteiger partial charge in [-0.3, -0.25) is 15.1 Å². The first kappa shape index (κ1) is 15.7. The molecular weight excluding hydrogens is 332 g/mol. The van der Waals surface area contributed by atoms with Crippen LogP contribution in [0, 0.1) is 10.1 Å². The number of benzene rings is 1. The number of rotatable bonds is 5. The summed E-state index contributed by atoms with van der Waals surface area (Å²) in [6.45, 7) is 0.371. The van der Waals surface area contributed by atoms with Gasteiger partial charge >= 0.3 is 5.69 Å². The van der Waals surface area contributed by atoms with Crippen LogP contribution in [0.1, 0.15) is 5.56 Å². The van der Waals surface area contributed by atoms with Gasteiger partial charge in [0, 0.05) is 36.9 Å². The summed E-state index contributed by atoms with van der Waals surface area (Å²) in [6, 6.07) is 12.4. The van der Waals surface area contributed by atoms with Crippen molar-refractivity contribution >= 4 is 22.3 Å². The van der Waals surface area contributed by atoms with Crippen LogP contribution in [0.4, 0.5) is 11.4 Å². The second-order valence-corrected chi connectivity index (χ2v) is 5.58. The van der Waals surface area contributed by atoms with Crippen LogP contribution in [0.5, 0.6) is 0 Å². The first-order valence-corrected chi connectivity index (χ1v) is 7.94. The normalized spacial score (nSPS) is 10.8. The topological polar surface area (TPSA) is 98.8 Å². The van der Waals surface area contributed by atoms with Crippen molar-refractivity contribution in [3.8, 4) is 5.82 Å². The molecule has 3 heterocycles. The Labute approximate surface area is 148 Å². The fourth-order valence-corrected chi connectivity index (χ4v) is 2.84. The Balaban J connectivity index is 1.70. The lowest BCUT2D eigenvalue weighted by Gasteiger charge is -2.11. The molecule has 0 spiro atoms. The summed E-state index contributed by atoms with van der Waals surface area (Å²) in [5, 5.41) is 19.5. The minimum Gasteiger partial charge on any atom is -0.375 e. The molecule has 3 aromatic heterocycles. The molecule has 0 saturated carbocycles. The smallest absolute Gasteiger partial charge is 0.301 e. The largest absolute Gasteiger partial charge is 0.375 e. The summed E-state index contributed by atoms with van der Waals surface area (Å²) in [5.41, 5.74) is 1.91. The van der Waals surface area contributed by atoms with Crippen LogP contribution < -0.4 is 5.32 Å². The first-order valence-electron chi connectivity index (χ1n) is 7.94. The van der Waals surface area contributed by atoms with Crippen molar-refractivity contribution in [3.05, 3.63) is 82.9 Å². The molecule has 4 rings (SSSR count). The highest BCUT2D eigenvalue weighted by Crippen LogP contribution is 2.32. The van der Waals surface area contributed by atoms with E-state index in [-0.39, 0.29) is 10.6 Å². The maximum absolute atomic E-state index is 11.6. The van der Waals surface area contributed by atoms with Crippen LogP contribution in [0.15, 0.2) is 67.3 Å². The minimum atomic E-state index is -0.385. The van der Waals surface area contributed by atoms with Gasteiger partial charge in [0.25, 0.3) is 0 Å². The number of fused-ring (bicyclic) bond motifs is 1. The molecule has 1 aromatic carbocycles. The zero-order valence-electron chi connectivity index (χ0n) is 13.6. The number of nitrogens with zero attached hydrogens (tertiary/aromatic N) is 5. The lowest BCUT2D eigenvalue weighted by molar-refractivity contribution is -0.382. The maximum Gasteiger partial charge on any atom is 0.301 e. The highest BCUT2D eigenvalue weighted by molar-refractivity contribution is 5.94. The SMILES string of the molecule is O=[N+]([O-])c1c(NCc2cccnc2-n2cccn2)ccc2ncccc12. The summed E-state index contributed by atoms with van der Waals surface area (Å²) in [6.07, 6.45) is 6.78. The number of hydrogen-bond acceptors (Lipinski definition) is 6. The third-order valence-corrected chi connectivity index (χ3v) is 4.00. The lowest BCUT2D eigenvalue weighted by atomic mass is 10.1. The van der Waals surface area contributed by atoms with E-state index in [2.05, 4.69) is 20.4 Å². The molecule has 0 amide bonds. The Morgan fingerprint density at radius 1 is 1.04 bits per heavy atom. The molecule has 0 bridgehead atoms. The van der Waals surface area contributed by atoms with Crippen LogP contribution in [0.2, 0.25) is 0 Å². The highest BCUT2D eigenvalue weighted by Gasteiger charge is 2.19. The standard InChI is InChI=1S/C18H14N6O2/c25-24(26)17-14-5-2-8-19-15(14)6-7-16(17)21-12-13-4-1-9-20-18(13)23-11-3-10-22-23/h1-11,21H,12H2. The van der Waals surface area contributed by atoms with E-state index in [1.54, 1.807) is 53.7 Å². The summed E-state index contributed by atoms with van der Waals surface area (Å²) < 4.78 is 1.66. The number of hydrogen-bond donors (Lipinski definition) is 1. The summed E-state index contributed by atoms with van der Waals surface area (Å²) >= 11 is 0. The first-order chi connectivity index (χ1) is 12.7. The number of aromatic nitrogens is 4. The molecule has 0 aliphatic heterocycles. The molecular formula is C18H14N6O2. The van der Waals surface area contributed by atoms with E-state index in [9.17, 15) is 10.1 Å². The summed E-state index contributed by atoms with van der Waals surface area (Å²) in [7, 11) is 0. The Hall–Kier alpha value is -3.81. The Morgan fingerprint density at radius 2 is 1.88 bits per heavy atom. The molecule has 0 fully saturated rings. The predicted molar refractivity (Wildman–Crippen MR) is 97.1 cm³/mol. The van der Waals surface area contributed by atoms with Gasteiger partial charge in [-0.15, -0.1) is 0 Å². The van der Waals surface area contributed by atoms with E-state index < -0.39 is 0 Å². The van der Waals surface area contributed by atoms with E-state index in [0.717, 1.165) is 5.56 Å². The number of anilines is 1. The quantitative estimate of drug-likeness (QED) is 0.439. The summed E-state index contributed by atoms with van der Waals surface area (Å²) in [4.78, 5) is 19.8. The zero-order valence-corrected chi connectivity index (χ0v) is 13.6. The van der Waals surface area contributed by atoms with Gasteiger partial charge < -0.3 is 5.32 Å². The molecule has 128 valence electrons. The van der Waals surface area contributed by atoms with E-state index in [0.29, 0.717) is 29.0 Å². The zero-order chi connectivity index (χ0) is 17.9. The third kappa shape index (κ3) is 2.84. The van der Waals surface area contributed by atoms with Gasteiger partial charge in [-0.1, -0.05) is 6.07 Å². The van der Waals surface area contributed by atoms with Crippen molar-refractivity contribution < 1.29 is 4.92 Å². The number of nitro groups is 1. The van der Waals surface area contributed by atoms with Crippen molar-refractivity contribution in [2.45, 2.75) is 6.54 Å². The van der Waals surface area contributed by atoms with Gasteiger partial charge in [-0.05, 0) is 36.4 Å². The second kappa shape index (κ2) is 6.60. The van der Waals surface area contributed by atoms with E-state index >= 15 is 0 Å². The second-order valence-electron chi connectivity index (χ2n) is 5.58. The van der Waals surface area contributed by atoms with Crippen LogP contribution in [-0.4, -0.2) is 24.7 Å². The molecule has 0 saturated heterocycles. The van der Waals surface area contributed by atoms with Crippen LogP contribution in [0.25, 0.3) is 16.7 Å². The molecule has 0 atom stereocenters. The number of nitrogens with one attached hydrogen (secondary N) is 1. The third-order valence-electron chi connectivity index (χ3n) is 4.00. The van der Waals surface area contributed by atoms with Gasteiger partial charge in [0.15, 0.2) is 5.82 Å². The van der Waals surface area contributed by atoms with E-state index in [4.69, 9.17) is 0 Å². The van der Waals surface area contributed by atoms with Gasteiger partial charge in [0.05, 0.1) is 15.8 Å². The molecule has 0 aliphatic rings. The lowest BCUT2D eigenvalue weighted by Crippen LogP contribution is -2.08. The highest BCUT2D eigenvalue weighted by atomic mass is 16.6. The van der Waals surface area contributed by atoms with Crippen molar-refractivity contribution in [1.82, 2.24) is 19.7 Å². The average molecular weight is 346 g/mol. The van der Waals surface area contributed by atoms with E-state index in [1.165, 1.54) is 0 Å². The number of pyridine rings is 2. The van der Waals surface area contributed by atoms with Crippen molar-refractivity contribution in [3.63, 3.8) is 0 Å². The van der Waals surface area contributed by atoms with Crippen molar-refractivity contribution in [2.24, 2.45) is 0 Å². The van der Waals surface area contributed by atoms with Gasteiger partial charge in [0.1, 0.15) is 5.69 Å². The molecule has 1 N–H and O–H groups in total. The predicted octanol–water partition coefficient (Wildman–Crippen LogP) is 3.34. The fraction of sp³-hybridized carbons (Fsp3) is 0.0556. The Morgan fingerprint density at radius 3 is 2.69 bits per heavy atom. The van der Waals surface area contributed by atoms with Crippen molar-refractivity contribution in [1.29, 1.82) is 0 Å². The molecule has 8 heteroatoms. The molecule has 8 nitrogen and oxygen atoms in total. The average Bonchev–Trinajstić information content (AvgIpc) is 3.20. The van der Waals surface area contributed by atoms with Crippen LogP contribution in [0.3, 0.4) is 0 Å². The molecule has 26 heavy (non-hydrogen) atoms. The van der Waals surface area contributed by atoms with Gasteiger partial charge in [0.2, 0.25) is 0 Å². The van der Waals surface area contributed by atoms with Gasteiger partial charge in [-0.25, -0.2) is 9.67 Å². The van der Waals surface area contributed by atoms with Gasteiger partial charge in [-0.2, -0.15) is 5.10 Å². The fourth-order valence-electron chi connectivity index (χ4n) is 2.84. The molecule has 0 radical (unpaired) electrons. The maximum atomic E-state index is 11.6. The monoisotopic (exact) mass is 346 g/mol. The van der Waals surface area contributed by atoms with E-state index in [1.807, 2.05) is 18.2 Å². The minimum absolute atomic E-state index is 0.0140. The number of nitro benzene ring substituents is 1. The van der Waals surface area contributed by atoms with Crippen LogP contribution >= 0.6 is 0 Å². The van der Waals surface area contributed by atoms with Crippen LogP contribution in [-0.2, 0) is 6.54 Å². The Kier molecular flexibility index (Phi) is 3.98. The summed E-state index contributed by atoms with van der Waals surface area (Å²) in [5.74, 6) is 0.676. The molecule has 0 aliphatic carbocycles.